The first-order valence-electron chi connectivity index (χ1n) is 9.27. The summed E-state index contributed by atoms with van der Waals surface area (Å²) in [5, 5.41) is 22.9. The van der Waals surface area contributed by atoms with E-state index in [9.17, 15) is 19.2 Å². The monoisotopic (exact) mass is 582 g/mol. The third kappa shape index (κ3) is 13.2. The number of thiocarbonyl (C=S) groups is 2. The Bertz CT molecular complexity index is 844. The largest absolute Gasteiger partial charge is 0.480 e. The second kappa shape index (κ2) is 16.0. The van der Waals surface area contributed by atoms with Crippen molar-refractivity contribution >= 4 is 104 Å². The molecule has 1 aromatic carbocycles. The minimum atomic E-state index is -1.13. The van der Waals surface area contributed by atoms with Crippen molar-refractivity contribution in [3.63, 3.8) is 0 Å². The van der Waals surface area contributed by atoms with Crippen LogP contribution in [0.15, 0.2) is 34.1 Å². The number of nitrogens with one attached hydrogen (secondary N) is 4. The van der Waals surface area contributed by atoms with E-state index in [-0.39, 0.29) is 11.5 Å². The molecule has 0 aromatic heterocycles. The number of thioether (sulfide) groups is 2. The number of hydrogen-bond acceptors (Lipinski definition) is 10. The molecule has 2 unspecified atom stereocenters. The van der Waals surface area contributed by atoms with Crippen LogP contribution in [0.5, 0.6) is 0 Å². The molecule has 0 saturated carbocycles. The summed E-state index contributed by atoms with van der Waals surface area (Å²) in [6, 6.07) is 5.33. The molecule has 0 aliphatic carbocycles. The van der Waals surface area contributed by atoms with Gasteiger partial charge in [-0.3, -0.25) is 9.59 Å². The van der Waals surface area contributed by atoms with Crippen molar-refractivity contribution in [3.05, 3.63) is 24.3 Å². The van der Waals surface area contributed by atoms with E-state index in [1.807, 2.05) is 24.3 Å². The number of rotatable bonds is 12. The lowest BCUT2D eigenvalue weighted by atomic mass is 10.3. The third-order valence-corrected chi connectivity index (χ3v) is 8.23. The zero-order chi connectivity index (χ0) is 25.7. The summed E-state index contributed by atoms with van der Waals surface area (Å²) in [6.45, 7) is 2.50. The molecule has 34 heavy (non-hydrogen) atoms. The van der Waals surface area contributed by atoms with Crippen LogP contribution in [-0.2, 0) is 19.2 Å². The molecule has 0 aliphatic rings. The summed E-state index contributed by atoms with van der Waals surface area (Å²) in [4.78, 5) is 46.1. The molecule has 1 aromatic rings. The Hall–Kier alpha value is -1.72. The highest BCUT2D eigenvalue weighted by Gasteiger charge is 2.20. The summed E-state index contributed by atoms with van der Waals surface area (Å²) in [5.74, 6) is -2.93. The topological polar surface area (TPSA) is 157 Å². The molecule has 0 saturated heterocycles. The van der Waals surface area contributed by atoms with Crippen molar-refractivity contribution in [2.75, 3.05) is 11.5 Å². The molecule has 0 fully saturated rings. The molecule has 186 valence electrons. The van der Waals surface area contributed by atoms with E-state index in [2.05, 4.69) is 20.1 Å². The lowest BCUT2D eigenvalue weighted by molar-refractivity contribution is -0.141. The number of benzene rings is 1. The van der Waals surface area contributed by atoms with Gasteiger partial charge in [0, 0.05) is 35.1 Å². The van der Waals surface area contributed by atoms with Crippen LogP contribution < -0.4 is 20.1 Å². The van der Waals surface area contributed by atoms with Crippen LogP contribution in [0, 0.1) is 0 Å². The molecule has 0 spiro atoms. The molecule has 0 heterocycles. The normalized spacial score (nSPS) is 12.1. The third-order valence-electron chi connectivity index (χ3n) is 3.44. The van der Waals surface area contributed by atoms with Gasteiger partial charge in [-0.2, -0.15) is 0 Å². The number of hydrogen-bond donors (Lipinski definition) is 6. The molecular formula is C18H22N4O6S6. The number of carbonyl (C=O) groups is 4. The van der Waals surface area contributed by atoms with Gasteiger partial charge >= 0.3 is 11.9 Å². The Morgan fingerprint density at radius 1 is 0.765 bits per heavy atom. The van der Waals surface area contributed by atoms with E-state index in [1.54, 1.807) is 0 Å². The molecular weight excluding hydrogens is 561 g/mol. The highest BCUT2D eigenvalue weighted by atomic mass is 32.2. The smallest absolute Gasteiger partial charge is 0.327 e. The first kappa shape index (κ1) is 30.3. The molecule has 16 heteroatoms. The molecule has 6 N–H and O–H groups in total. The van der Waals surface area contributed by atoms with Crippen LogP contribution in [-0.4, -0.2) is 66.2 Å². The Morgan fingerprint density at radius 2 is 1.09 bits per heavy atom. The van der Waals surface area contributed by atoms with Crippen molar-refractivity contribution in [3.8, 4) is 0 Å². The van der Waals surface area contributed by atoms with Crippen molar-refractivity contribution in [1.82, 2.24) is 20.1 Å². The summed E-state index contributed by atoms with van der Waals surface area (Å²) >= 11 is 15.1. The quantitative estimate of drug-likeness (QED) is 0.157. The fourth-order valence-corrected chi connectivity index (χ4v) is 5.41. The summed E-state index contributed by atoms with van der Waals surface area (Å²) < 4.78 is 6.65. The maximum absolute atomic E-state index is 11.1. The van der Waals surface area contributed by atoms with Crippen LogP contribution in [0.3, 0.4) is 0 Å². The number of aliphatic carboxylic acids is 2. The molecule has 0 radical (unpaired) electrons. The van der Waals surface area contributed by atoms with Gasteiger partial charge in [0.25, 0.3) is 0 Å². The molecule has 0 bridgehead atoms. The van der Waals surface area contributed by atoms with E-state index in [0.29, 0.717) is 8.64 Å². The predicted molar refractivity (Wildman–Crippen MR) is 145 cm³/mol. The van der Waals surface area contributed by atoms with E-state index < -0.39 is 35.8 Å². The standard InChI is InChI=1S/C18H22N4O6S6/c1-9(23)19-13(15(25)26)7-31-17(29)21-33-11-3-5-12(6-4-11)34-22-18(30)32-8-14(16(27)28)20-10(2)24/h3-6,13-14H,7-8H2,1-2H3,(H,19,23)(H,20,24)(H,21,29)(H,22,30)(H,25,26)(H,27,28). The number of carboxylic acids is 2. The minimum Gasteiger partial charge on any atom is -0.480 e. The number of amides is 2. The van der Waals surface area contributed by atoms with Crippen LogP contribution in [0.2, 0.25) is 0 Å². The van der Waals surface area contributed by atoms with Crippen LogP contribution >= 0.6 is 71.9 Å². The summed E-state index contributed by atoms with van der Waals surface area (Å²) in [7, 11) is 0. The maximum Gasteiger partial charge on any atom is 0.327 e. The van der Waals surface area contributed by atoms with E-state index in [4.69, 9.17) is 34.6 Å². The zero-order valence-electron chi connectivity index (χ0n) is 17.9. The second-order valence-corrected chi connectivity index (χ2v) is 11.4. The van der Waals surface area contributed by atoms with Crippen molar-refractivity contribution < 1.29 is 29.4 Å². The fraction of sp³-hybridized carbons (Fsp3) is 0.333. The Balaban J connectivity index is 2.39. The first-order chi connectivity index (χ1) is 16.0. The van der Waals surface area contributed by atoms with Gasteiger partial charge in [-0.15, -0.1) is 0 Å². The highest BCUT2D eigenvalue weighted by molar-refractivity contribution is 8.24. The molecule has 2 atom stereocenters. The predicted octanol–water partition coefficient (Wildman–Crippen LogP) is 2.09. The Morgan fingerprint density at radius 3 is 1.35 bits per heavy atom. The van der Waals surface area contributed by atoms with Gasteiger partial charge in [0.15, 0.2) is 0 Å². The van der Waals surface area contributed by atoms with Gasteiger partial charge in [-0.05, 0) is 48.2 Å². The maximum atomic E-state index is 11.1. The molecule has 1 rings (SSSR count). The van der Waals surface area contributed by atoms with Gasteiger partial charge in [0.2, 0.25) is 11.8 Å². The lowest BCUT2D eigenvalue weighted by Gasteiger charge is -2.14. The fourth-order valence-electron chi connectivity index (χ4n) is 1.99. The van der Waals surface area contributed by atoms with Gasteiger partial charge < -0.3 is 30.3 Å². The molecule has 0 aliphatic heterocycles. The van der Waals surface area contributed by atoms with Crippen LogP contribution in [0.4, 0.5) is 0 Å². The van der Waals surface area contributed by atoms with Gasteiger partial charge in [-0.25, -0.2) is 9.59 Å². The van der Waals surface area contributed by atoms with Gasteiger partial charge in [0.1, 0.15) is 20.7 Å². The zero-order valence-corrected chi connectivity index (χ0v) is 22.8. The van der Waals surface area contributed by atoms with E-state index in [1.165, 1.54) is 37.7 Å². The van der Waals surface area contributed by atoms with Crippen molar-refractivity contribution in [2.45, 2.75) is 35.7 Å². The molecule has 10 nitrogen and oxygen atoms in total. The number of carboxylic acid groups (broad SMARTS) is 2. The highest BCUT2D eigenvalue weighted by Crippen LogP contribution is 2.22. The van der Waals surface area contributed by atoms with Crippen molar-refractivity contribution in [2.24, 2.45) is 0 Å². The SMILES string of the molecule is CC(=O)NC(CSC(=S)NSc1ccc(SNC(=S)SCC(NC(C)=O)C(=O)O)cc1)C(=O)O. The second-order valence-electron chi connectivity index (χ2n) is 6.26. The minimum absolute atomic E-state index is 0.0957. The van der Waals surface area contributed by atoms with Crippen LogP contribution in [0.25, 0.3) is 0 Å². The average Bonchev–Trinajstić information content (AvgIpc) is 2.76. The van der Waals surface area contributed by atoms with E-state index in [0.717, 1.165) is 33.3 Å². The van der Waals surface area contributed by atoms with Gasteiger partial charge in [0.05, 0.1) is 0 Å². The summed E-state index contributed by atoms with van der Waals surface area (Å²) in [6.07, 6.45) is 0. The van der Waals surface area contributed by atoms with Crippen molar-refractivity contribution in [1.29, 1.82) is 0 Å². The first-order valence-corrected chi connectivity index (χ1v) is 13.7. The number of carbonyl (C=O) groups excluding carboxylic acids is 2. The summed E-state index contributed by atoms with van der Waals surface area (Å²) in [5.41, 5.74) is 0. The van der Waals surface area contributed by atoms with E-state index >= 15 is 0 Å². The van der Waals surface area contributed by atoms with Crippen LogP contribution in [0.1, 0.15) is 13.8 Å². The Kier molecular flexibility index (Phi) is 14.3. The lowest BCUT2D eigenvalue weighted by Crippen LogP contribution is -2.41. The Labute approximate surface area is 224 Å². The average molecular weight is 583 g/mol. The van der Waals surface area contributed by atoms with Gasteiger partial charge in [-0.1, -0.05) is 48.0 Å². The molecule has 2 amide bonds.